The van der Waals surface area contributed by atoms with Crippen molar-refractivity contribution in [3.05, 3.63) is 63.3 Å². The van der Waals surface area contributed by atoms with E-state index in [-0.39, 0.29) is 0 Å². The van der Waals surface area contributed by atoms with E-state index in [1.54, 1.807) is 12.1 Å². The summed E-state index contributed by atoms with van der Waals surface area (Å²) in [6.07, 6.45) is 0. The lowest BCUT2D eigenvalue weighted by Gasteiger charge is -2.08. The first-order valence-electron chi connectivity index (χ1n) is 5.85. The number of H-pyrrole nitrogens is 1. The molecule has 1 heterocycles. The molecule has 0 aliphatic heterocycles. The Hall–Kier alpha value is -1.62. The fourth-order valence-corrected chi connectivity index (χ4v) is 2.47. The third-order valence-corrected chi connectivity index (χ3v) is 3.88. The number of hydrogen-bond acceptors (Lipinski definition) is 2. The largest absolute Gasteiger partial charge is 0.268 e. The van der Waals surface area contributed by atoms with Crippen LogP contribution in [0.3, 0.4) is 0 Å². The van der Waals surface area contributed by atoms with Crippen molar-refractivity contribution in [2.24, 2.45) is 0 Å². The number of nitrogens with zero attached hydrogens (tertiary/aromatic N) is 2. The van der Waals surface area contributed by atoms with Gasteiger partial charge in [0.2, 0.25) is 0 Å². The lowest BCUT2D eigenvalue weighted by Crippen LogP contribution is -1.97. The molecule has 1 N–H and O–H groups in total. The van der Waals surface area contributed by atoms with Gasteiger partial charge >= 0.3 is 0 Å². The minimum Gasteiger partial charge on any atom is -0.268 e. The van der Waals surface area contributed by atoms with E-state index in [2.05, 4.69) is 10.2 Å². The molecule has 3 rings (SSSR count). The molecule has 1 aromatic heterocycles. The summed E-state index contributed by atoms with van der Waals surface area (Å²) >= 11 is 17.3. The van der Waals surface area contributed by atoms with Gasteiger partial charge in [-0.1, -0.05) is 53.5 Å². The average molecular weight is 322 g/mol. The second-order valence-corrected chi connectivity index (χ2v) is 5.35. The van der Waals surface area contributed by atoms with E-state index in [1.165, 1.54) is 0 Å². The van der Waals surface area contributed by atoms with Gasteiger partial charge in [0.05, 0.1) is 15.7 Å². The zero-order chi connectivity index (χ0) is 14.1. The summed E-state index contributed by atoms with van der Waals surface area (Å²) in [4.78, 5) is 0. The highest BCUT2D eigenvalue weighted by Crippen LogP contribution is 2.27. The summed E-state index contributed by atoms with van der Waals surface area (Å²) in [5.41, 5.74) is 1.78. The van der Waals surface area contributed by atoms with Crippen molar-refractivity contribution in [1.82, 2.24) is 14.8 Å². The molecule has 0 radical (unpaired) electrons. The van der Waals surface area contributed by atoms with Crippen molar-refractivity contribution in [3.8, 4) is 17.1 Å². The smallest absolute Gasteiger partial charge is 0.200 e. The molecule has 0 atom stereocenters. The molecule has 0 bridgehead atoms. The van der Waals surface area contributed by atoms with E-state index < -0.39 is 0 Å². The van der Waals surface area contributed by atoms with Crippen LogP contribution >= 0.6 is 35.4 Å². The molecule has 0 saturated heterocycles. The Kier molecular flexibility index (Phi) is 3.61. The molecule has 0 unspecified atom stereocenters. The number of benzene rings is 2. The van der Waals surface area contributed by atoms with Crippen molar-refractivity contribution < 1.29 is 0 Å². The Morgan fingerprint density at radius 3 is 2.45 bits per heavy atom. The van der Waals surface area contributed by atoms with Crippen molar-refractivity contribution >= 4 is 35.4 Å². The number of rotatable bonds is 2. The maximum atomic E-state index is 6.07. The van der Waals surface area contributed by atoms with Crippen LogP contribution < -0.4 is 0 Å². The molecule has 2 aromatic carbocycles. The highest BCUT2D eigenvalue weighted by Gasteiger charge is 2.11. The maximum Gasteiger partial charge on any atom is 0.200 e. The number of aromatic amines is 1. The molecule has 100 valence electrons. The van der Waals surface area contributed by atoms with Crippen LogP contribution in [0.2, 0.25) is 10.0 Å². The van der Waals surface area contributed by atoms with Crippen LogP contribution in [-0.2, 0) is 0 Å². The highest BCUT2D eigenvalue weighted by atomic mass is 35.5. The van der Waals surface area contributed by atoms with Gasteiger partial charge in [0.25, 0.3) is 0 Å². The van der Waals surface area contributed by atoms with Crippen LogP contribution in [-0.4, -0.2) is 14.8 Å². The zero-order valence-corrected chi connectivity index (χ0v) is 12.5. The Morgan fingerprint density at radius 2 is 1.75 bits per heavy atom. The SMILES string of the molecule is S=c1[nH]nc(-c2ccccc2)n1-c1ccc(Cl)c(Cl)c1. The average Bonchev–Trinajstić information content (AvgIpc) is 2.85. The predicted octanol–water partition coefficient (Wildman–Crippen LogP) is 4.90. The molecular formula is C14H9Cl2N3S. The minimum absolute atomic E-state index is 0.478. The monoisotopic (exact) mass is 321 g/mol. The van der Waals surface area contributed by atoms with Crippen molar-refractivity contribution in [3.63, 3.8) is 0 Å². The molecule has 0 amide bonds. The topological polar surface area (TPSA) is 33.6 Å². The molecule has 20 heavy (non-hydrogen) atoms. The van der Waals surface area contributed by atoms with Crippen LogP contribution in [0.25, 0.3) is 17.1 Å². The normalized spacial score (nSPS) is 10.7. The molecule has 0 spiro atoms. The van der Waals surface area contributed by atoms with E-state index in [4.69, 9.17) is 35.4 Å². The molecule has 0 aliphatic rings. The van der Waals surface area contributed by atoms with E-state index in [0.717, 1.165) is 17.1 Å². The van der Waals surface area contributed by atoms with E-state index in [1.807, 2.05) is 41.0 Å². The second-order valence-electron chi connectivity index (χ2n) is 4.15. The fourth-order valence-electron chi connectivity index (χ4n) is 1.94. The summed E-state index contributed by atoms with van der Waals surface area (Å²) in [6.45, 7) is 0. The molecule has 0 fully saturated rings. The van der Waals surface area contributed by atoms with Gasteiger partial charge in [-0.15, -0.1) is 0 Å². The summed E-state index contributed by atoms with van der Waals surface area (Å²) in [5, 5.41) is 8.08. The second kappa shape index (κ2) is 5.40. The van der Waals surface area contributed by atoms with Crippen LogP contribution in [0, 0.1) is 4.77 Å². The van der Waals surface area contributed by atoms with Gasteiger partial charge in [0, 0.05) is 5.56 Å². The molecule has 3 nitrogen and oxygen atoms in total. The van der Waals surface area contributed by atoms with Crippen LogP contribution in [0.1, 0.15) is 0 Å². The van der Waals surface area contributed by atoms with Crippen molar-refractivity contribution in [2.75, 3.05) is 0 Å². The van der Waals surface area contributed by atoms with E-state index in [9.17, 15) is 0 Å². The van der Waals surface area contributed by atoms with Gasteiger partial charge in [0.1, 0.15) is 0 Å². The predicted molar refractivity (Wildman–Crippen MR) is 84.2 cm³/mol. The Balaban J connectivity index is 2.22. The third-order valence-electron chi connectivity index (χ3n) is 2.87. The van der Waals surface area contributed by atoms with Gasteiger partial charge < -0.3 is 0 Å². The lowest BCUT2D eigenvalue weighted by molar-refractivity contribution is 1.04. The van der Waals surface area contributed by atoms with Crippen LogP contribution in [0.5, 0.6) is 0 Å². The number of halogens is 2. The van der Waals surface area contributed by atoms with Crippen LogP contribution in [0.15, 0.2) is 48.5 Å². The maximum absolute atomic E-state index is 6.07. The first-order valence-corrected chi connectivity index (χ1v) is 7.01. The van der Waals surface area contributed by atoms with Crippen LogP contribution in [0.4, 0.5) is 0 Å². The molecule has 6 heteroatoms. The number of nitrogens with one attached hydrogen (secondary N) is 1. The molecular weight excluding hydrogens is 313 g/mol. The summed E-state index contributed by atoms with van der Waals surface area (Å²) < 4.78 is 2.33. The van der Waals surface area contributed by atoms with Gasteiger partial charge in [-0.25, -0.2) is 0 Å². The van der Waals surface area contributed by atoms with E-state index >= 15 is 0 Å². The first-order chi connectivity index (χ1) is 9.66. The van der Waals surface area contributed by atoms with Gasteiger partial charge in [0.15, 0.2) is 10.6 Å². The molecule has 3 aromatic rings. The van der Waals surface area contributed by atoms with Gasteiger partial charge in [-0.05, 0) is 30.4 Å². The van der Waals surface area contributed by atoms with Gasteiger partial charge in [-0.2, -0.15) is 5.10 Å². The Labute approximate surface area is 130 Å². The summed E-state index contributed by atoms with van der Waals surface area (Å²) in [7, 11) is 0. The standard InChI is InChI=1S/C14H9Cl2N3S/c15-11-7-6-10(8-12(11)16)19-13(17-18-14(19)20)9-4-2-1-3-5-9/h1-8H,(H,18,20). The number of aromatic nitrogens is 3. The fraction of sp³-hybridized carbons (Fsp3) is 0. The molecule has 0 saturated carbocycles. The third kappa shape index (κ3) is 2.38. The summed E-state index contributed by atoms with van der Waals surface area (Å²) in [6, 6.07) is 15.2. The van der Waals surface area contributed by atoms with Crippen molar-refractivity contribution in [1.29, 1.82) is 0 Å². The Bertz CT molecular complexity index is 809. The van der Waals surface area contributed by atoms with Gasteiger partial charge in [-0.3, -0.25) is 9.67 Å². The zero-order valence-electron chi connectivity index (χ0n) is 10.2. The highest BCUT2D eigenvalue weighted by molar-refractivity contribution is 7.71. The van der Waals surface area contributed by atoms with E-state index in [0.29, 0.717) is 14.8 Å². The number of hydrogen-bond donors (Lipinski definition) is 1. The Morgan fingerprint density at radius 1 is 1.00 bits per heavy atom. The van der Waals surface area contributed by atoms with Crippen molar-refractivity contribution in [2.45, 2.75) is 0 Å². The minimum atomic E-state index is 0.478. The lowest BCUT2D eigenvalue weighted by atomic mass is 10.2. The first kappa shape index (κ1) is 13.4. The molecule has 0 aliphatic carbocycles. The quantitative estimate of drug-likeness (QED) is 0.681. The summed E-state index contributed by atoms with van der Waals surface area (Å²) in [5.74, 6) is 0.731.